The fraction of sp³-hybridized carbons (Fsp3) is 0.263. The molecule has 0 aliphatic heterocycles. The Balaban J connectivity index is 1.56. The number of nitrogens with one attached hydrogen (secondary N) is 2. The molecule has 0 atom stereocenters. The van der Waals surface area contributed by atoms with Gasteiger partial charge in [-0.1, -0.05) is 30.3 Å². The second-order valence-corrected chi connectivity index (χ2v) is 5.76. The molecule has 2 amide bonds. The molecule has 8 heteroatoms. The Kier molecular flexibility index (Phi) is 7.77. The Bertz CT molecular complexity index is 763. The first kappa shape index (κ1) is 19.9. The lowest BCUT2D eigenvalue weighted by molar-refractivity contribution is -0.384. The fourth-order valence-corrected chi connectivity index (χ4v) is 2.30. The molecular weight excluding hydrogens is 350 g/mol. The van der Waals surface area contributed by atoms with Crippen LogP contribution in [0.2, 0.25) is 0 Å². The van der Waals surface area contributed by atoms with Gasteiger partial charge < -0.3 is 15.4 Å². The highest BCUT2D eigenvalue weighted by Crippen LogP contribution is 2.17. The summed E-state index contributed by atoms with van der Waals surface area (Å²) in [7, 11) is 0. The molecule has 8 nitrogen and oxygen atoms in total. The van der Waals surface area contributed by atoms with Crippen molar-refractivity contribution in [2.45, 2.75) is 19.3 Å². The summed E-state index contributed by atoms with van der Waals surface area (Å²) < 4.78 is 5.00. The lowest BCUT2D eigenvalue weighted by Gasteiger charge is -2.07. The van der Waals surface area contributed by atoms with Crippen molar-refractivity contribution in [1.82, 2.24) is 10.6 Å². The first-order valence-corrected chi connectivity index (χ1v) is 8.55. The number of ether oxygens (including phenoxy) is 1. The third-order valence-electron chi connectivity index (χ3n) is 3.69. The average Bonchev–Trinajstić information content (AvgIpc) is 2.66. The maximum absolute atomic E-state index is 11.7. The standard InChI is InChI=1S/C19H21N3O5/c23-18(20-14-12-15-5-2-1-3-6-15)7-4-13-21-19(24)27-17-10-8-16(9-11-17)22(25)26/h1-3,5-6,8-11H,4,7,12-14H2,(H,20,23)(H,21,24). The van der Waals surface area contributed by atoms with Gasteiger partial charge in [-0.2, -0.15) is 0 Å². The van der Waals surface area contributed by atoms with Gasteiger partial charge in [0.2, 0.25) is 5.91 Å². The molecule has 0 aliphatic rings. The number of nitro groups is 1. The van der Waals surface area contributed by atoms with Crippen molar-refractivity contribution in [3.8, 4) is 5.75 Å². The highest BCUT2D eigenvalue weighted by Gasteiger charge is 2.08. The van der Waals surface area contributed by atoms with Crippen molar-refractivity contribution in [2.24, 2.45) is 0 Å². The number of amides is 2. The highest BCUT2D eigenvalue weighted by molar-refractivity contribution is 5.76. The summed E-state index contributed by atoms with van der Waals surface area (Å²) in [6.45, 7) is 0.858. The van der Waals surface area contributed by atoms with Crippen LogP contribution in [0, 0.1) is 10.1 Å². The van der Waals surface area contributed by atoms with Gasteiger partial charge in [0, 0.05) is 31.6 Å². The molecule has 0 spiro atoms. The molecule has 0 aliphatic carbocycles. The van der Waals surface area contributed by atoms with E-state index >= 15 is 0 Å². The number of rotatable bonds is 9. The van der Waals surface area contributed by atoms with Crippen molar-refractivity contribution in [2.75, 3.05) is 13.1 Å². The molecule has 27 heavy (non-hydrogen) atoms. The number of hydrogen-bond donors (Lipinski definition) is 2. The molecule has 0 saturated carbocycles. The van der Waals surface area contributed by atoms with Crippen molar-refractivity contribution < 1.29 is 19.2 Å². The third kappa shape index (κ3) is 7.55. The molecule has 2 aromatic rings. The van der Waals surface area contributed by atoms with Crippen LogP contribution < -0.4 is 15.4 Å². The van der Waals surface area contributed by atoms with Crippen LogP contribution in [-0.2, 0) is 11.2 Å². The number of nitrogens with zero attached hydrogens (tertiary/aromatic N) is 1. The summed E-state index contributed by atoms with van der Waals surface area (Å²) in [5.41, 5.74) is 1.08. The van der Waals surface area contributed by atoms with Gasteiger partial charge in [0.05, 0.1) is 4.92 Å². The maximum Gasteiger partial charge on any atom is 0.412 e. The largest absolute Gasteiger partial charge is 0.412 e. The maximum atomic E-state index is 11.7. The van der Waals surface area contributed by atoms with Crippen LogP contribution in [-0.4, -0.2) is 30.0 Å². The average molecular weight is 371 g/mol. The van der Waals surface area contributed by atoms with Gasteiger partial charge in [-0.05, 0) is 30.5 Å². The summed E-state index contributed by atoms with van der Waals surface area (Å²) in [6.07, 6.45) is 0.874. The summed E-state index contributed by atoms with van der Waals surface area (Å²) in [4.78, 5) is 33.4. The highest BCUT2D eigenvalue weighted by atomic mass is 16.6. The van der Waals surface area contributed by atoms with E-state index in [1.165, 1.54) is 24.3 Å². The Hall–Kier alpha value is -3.42. The first-order valence-electron chi connectivity index (χ1n) is 8.55. The summed E-state index contributed by atoms with van der Waals surface area (Å²) in [5.74, 6) is 0.133. The van der Waals surface area contributed by atoms with Crippen LogP contribution in [0.1, 0.15) is 18.4 Å². The van der Waals surface area contributed by atoms with E-state index in [1.807, 2.05) is 30.3 Å². The molecule has 0 aromatic heterocycles. The minimum Gasteiger partial charge on any atom is -0.410 e. The molecule has 0 heterocycles. The Labute approximate surface area is 156 Å². The van der Waals surface area contributed by atoms with Crippen LogP contribution in [0.3, 0.4) is 0 Å². The van der Waals surface area contributed by atoms with Gasteiger partial charge in [0.25, 0.3) is 5.69 Å². The smallest absolute Gasteiger partial charge is 0.410 e. The molecule has 0 radical (unpaired) electrons. The minimum absolute atomic E-state index is 0.0727. The number of nitro benzene ring substituents is 1. The van der Waals surface area contributed by atoms with Crippen LogP contribution in [0.4, 0.5) is 10.5 Å². The zero-order valence-corrected chi connectivity index (χ0v) is 14.7. The van der Waals surface area contributed by atoms with Crippen molar-refractivity contribution >= 4 is 17.7 Å². The predicted molar refractivity (Wildman–Crippen MR) is 99.5 cm³/mol. The molecule has 142 valence electrons. The van der Waals surface area contributed by atoms with Crippen LogP contribution >= 0.6 is 0 Å². The fourth-order valence-electron chi connectivity index (χ4n) is 2.30. The van der Waals surface area contributed by atoms with Gasteiger partial charge in [0.15, 0.2) is 0 Å². The van der Waals surface area contributed by atoms with Crippen molar-refractivity contribution in [3.05, 3.63) is 70.3 Å². The molecular formula is C19H21N3O5. The van der Waals surface area contributed by atoms with E-state index in [0.29, 0.717) is 19.4 Å². The number of benzene rings is 2. The Morgan fingerprint density at radius 2 is 1.67 bits per heavy atom. The third-order valence-corrected chi connectivity index (χ3v) is 3.69. The second-order valence-electron chi connectivity index (χ2n) is 5.76. The van der Waals surface area contributed by atoms with E-state index in [9.17, 15) is 19.7 Å². The molecule has 0 bridgehead atoms. The van der Waals surface area contributed by atoms with Crippen molar-refractivity contribution in [3.63, 3.8) is 0 Å². The monoisotopic (exact) mass is 371 g/mol. The zero-order chi connectivity index (χ0) is 19.5. The lowest BCUT2D eigenvalue weighted by Crippen LogP contribution is -2.30. The van der Waals surface area contributed by atoms with Crippen LogP contribution in [0.5, 0.6) is 5.75 Å². The number of carbonyl (C=O) groups is 2. The summed E-state index contributed by atoms with van der Waals surface area (Å²) in [6, 6.07) is 15.1. The van der Waals surface area contributed by atoms with E-state index < -0.39 is 11.0 Å². The minimum atomic E-state index is -0.673. The zero-order valence-electron chi connectivity index (χ0n) is 14.7. The topological polar surface area (TPSA) is 111 Å². The SMILES string of the molecule is O=C(CCCNC(=O)Oc1ccc([N+](=O)[O-])cc1)NCCc1ccccc1. The van der Waals surface area contributed by atoms with Crippen molar-refractivity contribution in [1.29, 1.82) is 0 Å². The number of carbonyl (C=O) groups excluding carboxylic acids is 2. The molecule has 2 rings (SSSR count). The summed E-state index contributed by atoms with van der Waals surface area (Å²) >= 11 is 0. The van der Waals surface area contributed by atoms with Gasteiger partial charge in [-0.15, -0.1) is 0 Å². The van der Waals surface area contributed by atoms with E-state index in [4.69, 9.17) is 4.74 Å². The Morgan fingerprint density at radius 3 is 2.33 bits per heavy atom. The van der Waals surface area contributed by atoms with Gasteiger partial charge in [0.1, 0.15) is 5.75 Å². The van der Waals surface area contributed by atoms with E-state index in [0.717, 1.165) is 12.0 Å². The van der Waals surface area contributed by atoms with E-state index in [1.54, 1.807) is 0 Å². The molecule has 2 aromatic carbocycles. The Morgan fingerprint density at radius 1 is 0.963 bits per heavy atom. The van der Waals surface area contributed by atoms with Gasteiger partial charge in [-0.3, -0.25) is 14.9 Å². The quantitative estimate of drug-likeness (QED) is 0.400. The number of non-ortho nitro benzene ring substituents is 1. The van der Waals surface area contributed by atoms with E-state index in [-0.39, 0.29) is 23.9 Å². The van der Waals surface area contributed by atoms with Gasteiger partial charge in [-0.25, -0.2) is 4.79 Å². The molecule has 0 fully saturated rings. The van der Waals surface area contributed by atoms with E-state index in [2.05, 4.69) is 10.6 Å². The van der Waals surface area contributed by atoms with Gasteiger partial charge >= 0.3 is 6.09 Å². The molecule has 0 saturated heterocycles. The number of hydrogen-bond acceptors (Lipinski definition) is 5. The predicted octanol–water partition coefficient (Wildman–Crippen LogP) is 2.82. The molecule has 0 unspecified atom stereocenters. The normalized spacial score (nSPS) is 10.1. The van der Waals surface area contributed by atoms with Crippen LogP contribution in [0.15, 0.2) is 54.6 Å². The van der Waals surface area contributed by atoms with Crippen LogP contribution in [0.25, 0.3) is 0 Å². The molecule has 2 N–H and O–H groups in total. The first-order chi connectivity index (χ1) is 13.0. The second kappa shape index (κ2) is 10.5. The summed E-state index contributed by atoms with van der Waals surface area (Å²) in [5, 5.41) is 15.9. The lowest BCUT2D eigenvalue weighted by atomic mass is 10.1.